The van der Waals surface area contributed by atoms with Crippen molar-refractivity contribution in [2.75, 3.05) is 17.6 Å². The molecule has 0 atom stereocenters. The van der Waals surface area contributed by atoms with E-state index in [-0.39, 0.29) is 11.5 Å². The smallest absolute Gasteiger partial charge is 0.274 e. The summed E-state index contributed by atoms with van der Waals surface area (Å²) in [5, 5.41) is 5.99. The quantitative estimate of drug-likeness (QED) is 0.746. The number of hydrogen-bond donors (Lipinski definition) is 3. The number of nitrogen functional groups attached to an aromatic ring is 1. The van der Waals surface area contributed by atoms with Crippen LogP contribution < -0.4 is 21.9 Å². The molecule has 1 aliphatic heterocycles. The third-order valence-electron chi connectivity index (χ3n) is 5.64. The Labute approximate surface area is 157 Å². The van der Waals surface area contributed by atoms with Crippen LogP contribution in [0.3, 0.4) is 0 Å². The van der Waals surface area contributed by atoms with Crippen LogP contribution in [0.4, 0.5) is 17.3 Å². The van der Waals surface area contributed by atoms with E-state index in [1.165, 1.54) is 19.2 Å². The second kappa shape index (κ2) is 6.68. The highest BCUT2D eigenvalue weighted by Gasteiger charge is 2.41. The van der Waals surface area contributed by atoms with Gasteiger partial charge >= 0.3 is 0 Å². The third kappa shape index (κ3) is 3.51. The van der Waals surface area contributed by atoms with E-state index in [9.17, 15) is 9.59 Å². The van der Waals surface area contributed by atoms with Gasteiger partial charge in [-0.2, -0.15) is 0 Å². The van der Waals surface area contributed by atoms with Gasteiger partial charge in [-0.3, -0.25) is 9.59 Å². The van der Waals surface area contributed by atoms with E-state index in [0.717, 1.165) is 24.8 Å². The molecule has 4 N–H and O–H groups in total. The Balaban J connectivity index is 1.74. The summed E-state index contributed by atoms with van der Waals surface area (Å²) in [5.74, 6) is 0.579. The second-order valence-corrected chi connectivity index (χ2v) is 7.61. The number of pyridine rings is 1. The van der Waals surface area contributed by atoms with Crippen molar-refractivity contribution >= 4 is 23.2 Å². The topological polar surface area (TPSA) is 115 Å². The third-order valence-corrected chi connectivity index (χ3v) is 5.64. The van der Waals surface area contributed by atoms with Gasteiger partial charge in [-0.25, -0.2) is 9.97 Å². The Morgan fingerprint density at radius 2 is 2.00 bits per heavy atom. The van der Waals surface area contributed by atoms with Crippen molar-refractivity contribution in [3.63, 3.8) is 0 Å². The van der Waals surface area contributed by atoms with Crippen molar-refractivity contribution in [3.8, 4) is 0 Å². The largest absolute Gasteiger partial charge is 0.384 e. The Kier molecular flexibility index (Phi) is 4.33. The van der Waals surface area contributed by atoms with E-state index in [1.54, 1.807) is 16.7 Å². The summed E-state index contributed by atoms with van der Waals surface area (Å²) in [7, 11) is 0. The molecule has 0 radical (unpaired) electrons. The highest BCUT2D eigenvalue weighted by atomic mass is 16.2. The van der Waals surface area contributed by atoms with E-state index < -0.39 is 0 Å². The summed E-state index contributed by atoms with van der Waals surface area (Å²) in [6.45, 7) is 3.04. The van der Waals surface area contributed by atoms with Gasteiger partial charge in [-0.05, 0) is 56.1 Å². The molecule has 142 valence electrons. The van der Waals surface area contributed by atoms with Crippen molar-refractivity contribution in [1.82, 2.24) is 19.9 Å². The number of hydrogen-bond acceptors (Lipinski definition) is 6. The summed E-state index contributed by atoms with van der Waals surface area (Å²) >= 11 is 0. The molecule has 27 heavy (non-hydrogen) atoms. The average molecular weight is 368 g/mol. The lowest BCUT2D eigenvalue weighted by molar-refractivity contribution is 0.0937. The van der Waals surface area contributed by atoms with Gasteiger partial charge in [0.1, 0.15) is 29.3 Å². The molecular weight excluding hydrogens is 344 g/mol. The lowest BCUT2D eigenvalue weighted by atomic mass is 9.95. The summed E-state index contributed by atoms with van der Waals surface area (Å²) in [6, 6.07) is 3.27. The van der Waals surface area contributed by atoms with Gasteiger partial charge in [0.15, 0.2) is 0 Å². The van der Waals surface area contributed by atoms with Gasteiger partial charge < -0.3 is 20.9 Å². The van der Waals surface area contributed by atoms with Gasteiger partial charge in [0.05, 0.1) is 0 Å². The Hall–Kier alpha value is -2.90. The second-order valence-electron chi connectivity index (χ2n) is 7.61. The van der Waals surface area contributed by atoms with Crippen LogP contribution in [-0.2, 0) is 6.54 Å². The molecular formula is C19H24N6O2. The number of amides is 1. The van der Waals surface area contributed by atoms with Crippen LogP contribution in [0.1, 0.15) is 48.2 Å². The van der Waals surface area contributed by atoms with E-state index in [4.69, 9.17) is 5.73 Å². The molecule has 8 nitrogen and oxygen atoms in total. The number of nitrogens with two attached hydrogens (primary N) is 1. The average Bonchev–Trinajstić information content (AvgIpc) is 3.40. The number of carbonyl (C=O) groups excluding carboxylic acids is 1. The Bertz CT molecular complexity index is 948. The fraction of sp³-hybridized carbons (Fsp3) is 0.474. The lowest BCUT2D eigenvalue weighted by Crippen LogP contribution is -2.36. The maximum absolute atomic E-state index is 13.1. The number of anilines is 3. The molecule has 3 heterocycles. The van der Waals surface area contributed by atoms with Gasteiger partial charge in [0.2, 0.25) is 0 Å². The van der Waals surface area contributed by atoms with Crippen LogP contribution in [0.25, 0.3) is 0 Å². The fourth-order valence-electron chi connectivity index (χ4n) is 3.89. The summed E-state index contributed by atoms with van der Waals surface area (Å²) in [6.07, 6.45) is 6.78. The molecule has 0 bridgehead atoms. The number of fused-ring (bicyclic) bond motifs is 1. The molecule has 0 saturated heterocycles. The number of nitrogens with zero attached hydrogens (tertiary/aromatic N) is 3. The maximum Gasteiger partial charge on any atom is 0.274 e. The highest BCUT2D eigenvalue weighted by Crippen LogP contribution is 2.52. The van der Waals surface area contributed by atoms with Crippen LogP contribution in [0.2, 0.25) is 0 Å². The molecule has 1 amide bonds. The minimum Gasteiger partial charge on any atom is -0.384 e. The van der Waals surface area contributed by atoms with Crippen LogP contribution >= 0.6 is 0 Å². The Morgan fingerprint density at radius 3 is 2.74 bits per heavy atom. The zero-order valence-corrected chi connectivity index (χ0v) is 15.4. The van der Waals surface area contributed by atoms with Gasteiger partial charge in [-0.1, -0.05) is 0 Å². The monoisotopic (exact) mass is 368 g/mol. The van der Waals surface area contributed by atoms with Crippen LogP contribution in [0.5, 0.6) is 0 Å². The van der Waals surface area contributed by atoms with Crippen LogP contribution in [-0.4, -0.2) is 27.0 Å². The minimum absolute atomic E-state index is 0.186. The molecule has 1 aliphatic carbocycles. The van der Waals surface area contributed by atoms with Crippen molar-refractivity contribution in [1.29, 1.82) is 0 Å². The van der Waals surface area contributed by atoms with Gasteiger partial charge in [0, 0.05) is 19.2 Å². The summed E-state index contributed by atoms with van der Waals surface area (Å²) in [5.41, 5.74) is 7.39. The van der Waals surface area contributed by atoms with Gasteiger partial charge in [0.25, 0.3) is 11.5 Å². The van der Waals surface area contributed by atoms with E-state index in [0.29, 0.717) is 41.5 Å². The van der Waals surface area contributed by atoms with E-state index in [2.05, 4.69) is 20.6 Å². The molecule has 0 aromatic carbocycles. The normalized spacial score (nSPS) is 18.5. The number of nitrogens with one attached hydrogen (secondary N) is 2. The van der Waals surface area contributed by atoms with E-state index in [1.807, 2.05) is 6.92 Å². The summed E-state index contributed by atoms with van der Waals surface area (Å²) < 4.78 is 1.61. The van der Waals surface area contributed by atoms with Crippen LogP contribution in [0, 0.1) is 12.3 Å². The predicted molar refractivity (Wildman–Crippen MR) is 103 cm³/mol. The molecule has 0 unspecified atom stereocenters. The van der Waals surface area contributed by atoms with Gasteiger partial charge in [-0.15, -0.1) is 0 Å². The first-order valence-corrected chi connectivity index (χ1v) is 9.35. The SMILES string of the molecule is Cc1cc(Nc2cc(N)ncn2)c(=O)n2c1C(=O)NCCCC1(CC2)CC1. The number of aryl methyl sites for hydroxylation is 1. The maximum atomic E-state index is 13.1. The summed E-state index contributed by atoms with van der Waals surface area (Å²) in [4.78, 5) is 33.8. The van der Waals surface area contributed by atoms with Crippen LogP contribution in [0.15, 0.2) is 23.3 Å². The Morgan fingerprint density at radius 1 is 1.19 bits per heavy atom. The predicted octanol–water partition coefficient (Wildman–Crippen LogP) is 1.97. The lowest BCUT2D eigenvalue weighted by Gasteiger charge is -2.22. The van der Waals surface area contributed by atoms with Crippen molar-refractivity contribution < 1.29 is 4.79 Å². The molecule has 4 rings (SSSR count). The number of aromatic nitrogens is 3. The molecule has 1 fully saturated rings. The highest BCUT2D eigenvalue weighted by molar-refractivity contribution is 5.94. The van der Waals surface area contributed by atoms with E-state index >= 15 is 0 Å². The molecule has 1 saturated carbocycles. The van der Waals surface area contributed by atoms with Crippen molar-refractivity contribution in [3.05, 3.63) is 40.1 Å². The number of carbonyl (C=O) groups is 1. The molecule has 8 heteroatoms. The molecule has 2 aromatic heterocycles. The first-order chi connectivity index (χ1) is 13.0. The number of rotatable bonds is 2. The standard InChI is InChI=1S/C19H24N6O2/c1-12-9-13(24-15-10-14(20)22-11-23-15)18(27)25-8-6-19(4-5-19)3-2-7-21-17(26)16(12)25/h9-11H,2-8H2,1H3,(H,21,26)(H3,20,22,23,24). The molecule has 2 aliphatic rings. The van der Waals surface area contributed by atoms with Crippen molar-refractivity contribution in [2.24, 2.45) is 5.41 Å². The first-order valence-electron chi connectivity index (χ1n) is 9.35. The molecule has 2 aromatic rings. The minimum atomic E-state index is -0.223. The zero-order valence-electron chi connectivity index (χ0n) is 15.4. The zero-order chi connectivity index (χ0) is 19.0. The fourth-order valence-corrected chi connectivity index (χ4v) is 3.89. The molecule has 1 spiro atoms. The first kappa shape index (κ1) is 17.5. The van der Waals surface area contributed by atoms with Crippen molar-refractivity contribution in [2.45, 2.75) is 45.6 Å².